The van der Waals surface area contributed by atoms with Crippen LogP contribution in [0.5, 0.6) is 0 Å². The third-order valence-electron chi connectivity index (χ3n) is 14.0. The topological polar surface area (TPSA) is 105 Å². The highest BCUT2D eigenvalue weighted by Crippen LogP contribution is 2.43. The number of nitrogens with one attached hydrogen (secondary N) is 1. The minimum Gasteiger partial charge on any atom is -0.391 e. The van der Waals surface area contributed by atoms with Crippen LogP contribution in [0.4, 0.5) is 0 Å². The van der Waals surface area contributed by atoms with Crippen LogP contribution in [0, 0.1) is 0 Å². The lowest BCUT2D eigenvalue weighted by molar-refractivity contribution is -0.870. The number of phosphoric ester groups is 1. The smallest absolute Gasteiger partial charge is 0.391 e. The number of rotatable bonds is 57. The van der Waals surface area contributed by atoms with Gasteiger partial charge in [-0.15, -0.1) is 0 Å². The van der Waals surface area contributed by atoms with E-state index >= 15 is 0 Å². The maximum atomic E-state index is 13.0. The Morgan fingerprint density at radius 1 is 0.479 bits per heavy atom. The lowest BCUT2D eigenvalue weighted by Crippen LogP contribution is -2.46. The van der Waals surface area contributed by atoms with Crippen molar-refractivity contribution in [2.75, 3.05) is 40.9 Å². The second-order valence-corrected chi connectivity index (χ2v) is 23.9. The Morgan fingerprint density at radius 2 is 0.822 bits per heavy atom. The molecule has 0 saturated heterocycles. The van der Waals surface area contributed by atoms with Gasteiger partial charge < -0.3 is 19.8 Å². The lowest BCUT2D eigenvalue weighted by atomic mass is 10.0. The molecule has 0 fully saturated rings. The van der Waals surface area contributed by atoms with E-state index < -0.39 is 20.0 Å². The van der Waals surface area contributed by atoms with Gasteiger partial charge >= 0.3 is 7.82 Å². The molecule has 0 aromatic carbocycles. The number of carbonyl (C=O) groups excluding carboxylic acids is 1. The summed E-state index contributed by atoms with van der Waals surface area (Å²) in [4.78, 5) is 23.4. The number of phosphoric acid groups is 1. The number of aliphatic hydroxyl groups excluding tert-OH is 1. The highest BCUT2D eigenvalue weighted by molar-refractivity contribution is 7.47. The minimum atomic E-state index is -4.33. The van der Waals surface area contributed by atoms with Gasteiger partial charge in [-0.2, -0.15) is 0 Å². The molecule has 3 N–H and O–H groups in total. The van der Waals surface area contributed by atoms with Crippen molar-refractivity contribution in [2.45, 2.75) is 302 Å². The molecule has 0 spiro atoms. The zero-order valence-corrected chi connectivity index (χ0v) is 49.8. The van der Waals surface area contributed by atoms with Crippen LogP contribution >= 0.6 is 7.82 Å². The van der Waals surface area contributed by atoms with Crippen LogP contribution in [0.2, 0.25) is 0 Å². The first-order valence-corrected chi connectivity index (χ1v) is 32.6. The summed E-state index contributed by atoms with van der Waals surface area (Å²) in [5.41, 5.74) is 0. The van der Waals surface area contributed by atoms with Gasteiger partial charge in [-0.05, 0) is 57.8 Å². The van der Waals surface area contributed by atoms with Crippen molar-refractivity contribution in [3.8, 4) is 0 Å². The Hall–Kier alpha value is -1.80. The van der Waals surface area contributed by atoms with Crippen LogP contribution in [0.3, 0.4) is 0 Å². The fourth-order valence-electron chi connectivity index (χ4n) is 9.19. The van der Waals surface area contributed by atoms with E-state index in [0.717, 1.165) is 70.6 Å². The molecule has 0 radical (unpaired) electrons. The van der Waals surface area contributed by atoms with Crippen LogP contribution < -0.4 is 5.32 Å². The number of aliphatic hydroxyl groups is 1. The molecule has 8 nitrogen and oxygen atoms in total. The number of amides is 1. The van der Waals surface area contributed by atoms with Crippen molar-refractivity contribution in [1.82, 2.24) is 5.32 Å². The fourth-order valence-corrected chi connectivity index (χ4v) is 9.93. The Kier molecular flexibility index (Phi) is 53.6. The summed E-state index contributed by atoms with van der Waals surface area (Å²) >= 11 is 0. The number of nitrogens with zero attached hydrogens (tertiary/aromatic N) is 1. The number of likely N-dealkylation sites (N-methyl/N-ethyl adjacent to an activating group) is 1. The maximum Gasteiger partial charge on any atom is 0.472 e. The van der Waals surface area contributed by atoms with E-state index in [1.165, 1.54) is 193 Å². The largest absolute Gasteiger partial charge is 0.472 e. The zero-order valence-electron chi connectivity index (χ0n) is 48.9. The zero-order chi connectivity index (χ0) is 53.5. The molecule has 0 saturated carbocycles. The number of quaternary nitrogens is 1. The van der Waals surface area contributed by atoms with E-state index in [-0.39, 0.29) is 19.1 Å². The molecule has 3 atom stereocenters. The number of unbranched alkanes of at least 4 members (excludes halogenated alkanes) is 34. The van der Waals surface area contributed by atoms with Crippen molar-refractivity contribution in [3.63, 3.8) is 0 Å². The lowest BCUT2D eigenvalue weighted by Gasteiger charge is -2.26. The van der Waals surface area contributed by atoms with Gasteiger partial charge in [0, 0.05) is 6.42 Å². The standard InChI is InChI=1S/C64H121N2O6P/c1-6-8-10-12-14-16-18-20-22-24-26-28-29-30-31-32-33-34-35-36-37-38-40-42-44-46-48-50-52-54-56-58-64(68)65-62(61-72-73(69,70)71-60-59-66(3,4)5)63(67)57-55-53-51-49-47-45-43-41-39-27-25-23-21-19-17-15-13-11-9-7-2/h8,10,14,16,20,22,26,28,30-31,62-63,67H,6-7,9,11-13,15,17-19,21,23-25,27,29,32-61H2,1-5H3,(H-,65,68,69,70)/p+1/b10-8-,16-14-,22-20-,28-26-,31-30-. The Labute approximate surface area is 453 Å². The summed E-state index contributed by atoms with van der Waals surface area (Å²) in [6.45, 7) is 4.81. The Balaban J connectivity index is 4.08. The molecule has 9 heteroatoms. The highest BCUT2D eigenvalue weighted by atomic mass is 31.2. The van der Waals surface area contributed by atoms with E-state index in [0.29, 0.717) is 23.9 Å². The van der Waals surface area contributed by atoms with Gasteiger partial charge in [0.25, 0.3) is 0 Å². The normalized spacial score (nSPS) is 14.2. The van der Waals surface area contributed by atoms with Crippen molar-refractivity contribution in [3.05, 3.63) is 60.8 Å². The number of hydrogen-bond donors (Lipinski definition) is 3. The Morgan fingerprint density at radius 3 is 1.21 bits per heavy atom. The summed E-state index contributed by atoms with van der Waals surface area (Å²) in [7, 11) is 1.62. The van der Waals surface area contributed by atoms with Crippen LogP contribution in [-0.4, -0.2) is 73.4 Å². The first-order valence-electron chi connectivity index (χ1n) is 31.2. The number of allylic oxidation sites excluding steroid dienone is 10. The van der Waals surface area contributed by atoms with Crippen LogP contribution in [0.1, 0.15) is 290 Å². The van der Waals surface area contributed by atoms with Crippen molar-refractivity contribution in [1.29, 1.82) is 0 Å². The summed E-state index contributed by atoms with van der Waals surface area (Å²) < 4.78 is 23.8. The summed E-state index contributed by atoms with van der Waals surface area (Å²) in [6, 6.07) is -0.763. The quantitative estimate of drug-likeness (QED) is 0.0243. The van der Waals surface area contributed by atoms with Crippen molar-refractivity contribution in [2.24, 2.45) is 0 Å². The third kappa shape index (κ3) is 57.7. The molecular weight excluding hydrogens is 924 g/mol. The molecule has 3 unspecified atom stereocenters. The van der Waals surface area contributed by atoms with Gasteiger partial charge in [-0.25, -0.2) is 4.57 Å². The third-order valence-corrected chi connectivity index (χ3v) is 15.0. The predicted octanol–water partition coefficient (Wildman–Crippen LogP) is 19.3. The molecular formula is C64H122N2O6P+. The van der Waals surface area contributed by atoms with Crippen molar-refractivity contribution >= 4 is 13.7 Å². The predicted molar refractivity (Wildman–Crippen MR) is 318 cm³/mol. The molecule has 0 aliphatic rings. The van der Waals surface area contributed by atoms with E-state index in [2.05, 4.69) is 79.9 Å². The van der Waals surface area contributed by atoms with Crippen LogP contribution in [-0.2, 0) is 18.4 Å². The molecule has 0 heterocycles. The Bertz CT molecular complexity index is 1370. The monoisotopic (exact) mass is 1050 g/mol. The van der Waals surface area contributed by atoms with Gasteiger partial charge in [-0.1, -0.05) is 286 Å². The molecule has 0 aliphatic carbocycles. The molecule has 0 bridgehead atoms. The first-order chi connectivity index (χ1) is 35.5. The summed E-state index contributed by atoms with van der Waals surface area (Å²) in [5.74, 6) is -0.142. The van der Waals surface area contributed by atoms with Gasteiger partial charge in [0.1, 0.15) is 13.2 Å². The second-order valence-electron chi connectivity index (χ2n) is 22.4. The molecule has 1 amide bonds. The molecule has 0 aromatic rings. The SMILES string of the molecule is CC/C=C\C/C=C\C/C=C\C/C=C\C/C=C\CCCCCCCCCCCCCCCCCC(=O)NC(COP(=O)(O)OCC[N+](C)(C)C)C(O)CCCCCCCCCCCCCCCCCCCCCC. The average molecular weight is 1050 g/mol. The molecule has 428 valence electrons. The summed E-state index contributed by atoms with van der Waals surface area (Å²) in [5, 5.41) is 14.1. The maximum absolute atomic E-state index is 13.0. The molecule has 0 rings (SSSR count). The summed E-state index contributed by atoms with van der Waals surface area (Å²) in [6.07, 6.45) is 74.3. The molecule has 73 heavy (non-hydrogen) atoms. The van der Waals surface area contributed by atoms with E-state index in [1.807, 2.05) is 21.1 Å². The average Bonchev–Trinajstić information content (AvgIpc) is 3.35. The first kappa shape index (κ1) is 71.2. The van der Waals surface area contributed by atoms with Gasteiger partial charge in [0.2, 0.25) is 5.91 Å². The highest BCUT2D eigenvalue weighted by Gasteiger charge is 2.28. The minimum absolute atomic E-state index is 0.0743. The second kappa shape index (κ2) is 55.0. The van der Waals surface area contributed by atoms with E-state index in [9.17, 15) is 19.4 Å². The van der Waals surface area contributed by atoms with Gasteiger partial charge in [-0.3, -0.25) is 13.8 Å². The molecule has 0 aromatic heterocycles. The van der Waals surface area contributed by atoms with Gasteiger partial charge in [0.05, 0.1) is 39.9 Å². The molecule has 0 aliphatic heterocycles. The number of hydrogen-bond acceptors (Lipinski definition) is 5. The van der Waals surface area contributed by atoms with Gasteiger partial charge in [0.15, 0.2) is 0 Å². The van der Waals surface area contributed by atoms with E-state index in [1.54, 1.807) is 0 Å². The van der Waals surface area contributed by atoms with E-state index in [4.69, 9.17) is 9.05 Å². The van der Waals surface area contributed by atoms with Crippen LogP contribution in [0.25, 0.3) is 0 Å². The van der Waals surface area contributed by atoms with Crippen LogP contribution in [0.15, 0.2) is 60.8 Å². The number of carbonyl (C=O) groups is 1. The fraction of sp³-hybridized carbons (Fsp3) is 0.828. The van der Waals surface area contributed by atoms with Crippen molar-refractivity contribution < 1.29 is 32.9 Å².